The van der Waals surface area contributed by atoms with E-state index in [-0.39, 0.29) is 24.3 Å². The number of carbonyl (C=O) groups is 2. The number of aryl methyl sites for hydroxylation is 1. The average molecular weight is 518 g/mol. The topological polar surface area (TPSA) is 93.7 Å². The lowest BCUT2D eigenvalue weighted by atomic mass is 9.72. The molecule has 1 unspecified atom stereocenters. The van der Waals surface area contributed by atoms with Crippen LogP contribution in [-0.2, 0) is 9.59 Å². The fourth-order valence-electron chi connectivity index (χ4n) is 6.81. The van der Waals surface area contributed by atoms with E-state index in [0.717, 1.165) is 55.8 Å². The number of nitrogens with one attached hydrogen (secondary N) is 2. The molecule has 9 heteroatoms. The molecule has 2 N–H and O–H groups in total. The summed E-state index contributed by atoms with van der Waals surface area (Å²) in [6.45, 7) is 13.0. The quantitative estimate of drug-likeness (QED) is 0.538. The standard InChI is InChI=1S/C29H39N7O2/c1-19(2)34-15-29(16-34)17-35(18-29)22-11-9-21(10-12-22)31-27-30-14-20(3)25(33-27)36(23-7-5-6-8-23)28(4)13-24(37)32-26(28)38/h9-12,14,19,23H,5-8,13,15-18H2,1-4H3,(H,30,31,33)(H,32,37,38). The van der Waals surface area contributed by atoms with Gasteiger partial charge in [0.1, 0.15) is 11.4 Å². The van der Waals surface area contributed by atoms with Crippen LogP contribution >= 0.6 is 0 Å². The molecule has 1 aromatic carbocycles. The molecule has 1 saturated carbocycles. The molecule has 38 heavy (non-hydrogen) atoms. The van der Waals surface area contributed by atoms with Crippen molar-refractivity contribution in [2.45, 2.75) is 77.4 Å². The SMILES string of the molecule is Cc1cnc(Nc2ccc(N3CC4(C3)CN(C(C)C)C4)cc2)nc1N(C1CCCC1)C1(C)CC(=O)NC1=O. The Kier molecular flexibility index (Phi) is 6.09. The Labute approximate surface area is 225 Å². The number of likely N-dealkylation sites (tertiary alicyclic amines) is 1. The van der Waals surface area contributed by atoms with Crippen molar-refractivity contribution in [2.75, 3.05) is 41.3 Å². The summed E-state index contributed by atoms with van der Waals surface area (Å²) in [5, 5.41) is 5.87. The van der Waals surface area contributed by atoms with Gasteiger partial charge in [-0.25, -0.2) is 4.98 Å². The van der Waals surface area contributed by atoms with Crippen LogP contribution in [0.15, 0.2) is 30.5 Å². The molecule has 4 aliphatic rings. The number of rotatable bonds is 7. The molecule has 1 atom stereocenters. The van der Waals surface area contributed by atoms with E-state index in [9.17, 15) is 9.59 Å². The molecule has 2 aromatic rings. The van der Waals surface area contributed by atoms with E-state index in [1.807, 2.05) is 13.8 Å². The van der Waals surface area contributed by atoms with E-state index in [0.29, 0.717) is 17.4 Å². The number of amides is 2. The van der Waals surface area contributed by atoms with Gasteiger partial charge in [-0.3, -0.25) is 19.8 Å². The molecular weight excluding hydrogens is 478 g/mol. The number of benzene rings is 1. The van der Waals surface area contributed by atoms with Crippen LogP contribution in [-0.4, -0.2) is 70.5 Å². The van der Waals surface area contributed by atoms with E-state index in [2.05, 4.69) is 68.4 Å². The van der Waals surface area contributed by atoms with E-state index in [1.165, 1.54) is 18.8 Å². The minimum absolute atomic E-state index is 0.142. The predicted molar refractivity (Wildman–Crippen MR) is 149 cm³/mol. The zero-order valence-corrected chi connectivity index (χ0v) is 23.0. The number of carbonyl (C=O) groups excluding carboxylic acids is 2. The van der Waals surface area contributed by atoms with Crippen LogP contribution in [0.1, 0.15) is 58.4 Å². The van der Waals surface area contributed by atoms with Crippen LogP contribution in [0.25, 0.3) is 0 Å². The summed E-state index contributed by atoms with van der Waals surface area (Å²) in [5.74, 6) is 0.735. The molecule has 3 saturated heterocycles. The van der Waals surface area contributed by atoms with Crippen LogP contribution in [0.3, 0.4) is 0 Å². The maximum Gasteiger partial charge on any atom is 0.252 e. The summed E-state index contributed by atoms with van der Waals surface area (Å²) >= 11 is 0. The van der Waals surface area contributed by atoms with Gasteiger partial charge in [0.15, 0.2) is 0 Å². The molecule has 6 rings (SSSR count). The number of aromatic nitrogens is 2. The fraction of sp³-hybridized carbons (Fsp3) is 0.586. The summed E-state index contributed by atoms with van der Waals surface area (Å²) < 4.78 is 0. The van der Waals surface area contributed by atoms with Gasteiger partial charge >= 0.3 is 0 Å². The summed E-state index contributed by atoms with van der Waals surface area (Å²) in [6.07, 6.45) is 6.14. The first-order valence-electron chi connectivity index (χ1n) is 14.0. The van der Waals surface area contributed by atoms with Crippen LogP contribution in [0, 0.1) is 12.3 Å². The smallest absolute Gasteiger partial charge is 0.252 e. The molecule has 0 bridgehead atoms. The highest BCUT2D eigenvalue weighted by Crippen LogP contribution is 2.43. The highest BCUT2D eigenvalue weighted by atomic mass is 16.2. The van der Waals surface area contributed by atoms with Gasteiger partial charge in [0.05, 0.1) is 6.42 Å². The third kappa shape index (κ3) is 4.30. The number of hydrogen-bond acceptors (Lipinski definition) is 8. The van der Waals surface area contributed by atoms with Gasteiger partial charge in [-0.05, 0) is 64.8 Å². The molecule has 1 aromatic heterocycles. The highest BCUT2D eigenvalue weighted by Gasteiger charge is 2.52. The Morgan fingerprint density at radius 1 is 1.08 bits per heavy atom. The Hall–Kier alpha value is -3.20. The van der Waals surface area contributed by atoms with Crippen molar-refractivity contribution in [3.63, 3.8) is 0 Å². The van der Waals surface area contributed by atoms with Gasteiger partial charge in [0, 0.05) is 66.8 Å². The first kappa shape index (κ1) is 25.1. The van der Waals surface area contributed by atoms with E-state index in [4.69, 9.17) is 4.98 Å². The van der Waals surface area contributed by atoms with Crippen molar-refractivity contribution in [3.05, 3.63) is 36.0 Å². The second-order valence-electron chi connectivity index (χ2n) is 12.4. The van der Waals surface area contributed by atoms with Gasteiger partial charge in [-0.1, -0.05) is 12.8 Å². The number of anilines is 4. The van der Waals surface area contributed by atoms with Crippen LogP contribution in [0.2, 0.25) is 0 Å². The van der Waals surface area contributed by atoms with Crippen LogP contribution in [0.5, 0.6) is 0 Å². The van der Waals surface area contributed by atoms with Gasteiger partial charge in [0.25, 0.3) is 5.91 Å². The molecule has 1 spiro atoms. The van der Waals surface area contributed by atoms with Gasteiger partial charge in [-0.15, -0.1) is 0 Å². The van der Waals surface area contributed by atoms with Gasteiger partial charge in [0.2, 0.25) is 11.9 Å². The third-order valence-corrected chi connectivity index (χ3v) is 8.99. The van der Waals surface area contributed by atoms with Crippen LogP contribution in [0.4, 0.5) is 23.1 Å². The molecule has 9 nitrogen and oxygen atoms in total. The molecule has 4 fully saturated rings. The fourth-order valence-corrected chi connectivity index (χ4v) is 6.81. The largest absolute Gasteiger partial charge is 0.370 e. The van der Waals surface area contributed by atoms with E-state index >= 15 is 0 Å². The van der Waals surface area contributed by atoms with E-state index < -0.39 is 5.54 Å². The minimum Gasteiger partial charge on any atom is -0.370 e. The third-order valence-electron chi connectivity index (χ3n) is 8.99. The molecular formula is C29H39N7O2. The molecule has 4 heterocycles. The second kappa shape index (κ2) is 9.22. The van der Waals surface area contributed by atoms with Crippen molar-refractivity contribution in [1.82, 2.24) is 20.2 Å². The lowest BCUT2D eigenvalue weighted by molar-refractivity contribution is -0.126. The Morgan fingerprint density at radius 2 is 1.76 bits per heavy atom. The summed E-state index contributed by atoms with van der Waals surface area (Å²) in [4.78, 5) is 41.7. The molecule has 1 aliphatic carbocycles. The zero-order chi connectivity index (χ0) is 26.7. The first-order chi connectivity index (χ1) is 18.2. The van der Waals surface area contributed by atoms with Crippen molar-refractivity contribution < 1.29 is 9.59 Å². The Morgan fingerprint density at radius 3 is 2.37 bits per heavy atom. The van der Waals surface area contributed by atoms with E-state index in [1.54, 1.807) is 6.20 Å². The van der Waals surface area contributed by atoms with Crippen molar-refractivity contribution in [3.8, 4) is 0 Å². The lowest BCUT2D eigenvalue weighted by Gasteiger charge is -2.62. The number of imide groups is 1. The lowest BCUT2D eigenvalue weighted by Crippen LogP contribution is -2.73. The summed E-state index contributed by atoms with van der Waals surface area (Å²) in [7, 11) is 0. The maximum absolute atomic E-state index is 13.0. The second-order valence-corrected chi connectivity index (χ2v) is 12.4. The van der Waals surface area contributed by atoms with Gasteiger partial charge < -0.3 is 15.1 Å². The predicted octanol–water partition coefficient (Wildman–Crippen LogP) is 3.61. The molecule has 202 valence electrons. The summed E-state index contributed by atoms with van der Waals surface area (Å²) in [6, 6.07) is 9.26. The minimum atomic E-state index is -0.953. The van der Waals surface area contributed by atoms with Gasteiger partial charge in [-0.2, -0.15) is 4.98 Å². The zero-order valence-electron chi connectivity index (χ0n) is 23.0. The average Bonchev–Trinajstić information content (AvgIpc) is 3.43. The molecule has 0 radical (unpaired) electrons. The normalized spacial score (nSPS) is 25.0. The van der Waals surface area contributed by atoms with Crippen molar-refractivity contribution in [1.29, 1.82) is 0 Å². The Bertz CT molecular complexity index is 1230. The van der Waals surface area contributed by atoms with Crippen molar-refractivity contribution in [2.24, 2.45) is 5.41 Å². The number of hydrogen-bond donors (Lipinski definition) is 2. The van der Waals surface area contributed by atoms with Crippen molar-refractivity contribution >= 4 is 35.0 Å². The maximum atomic E-state index is 13.0. The Balaban J connectivity index is 1.18. The monoisotopic (exact) mass is 517 g/mol. The first-order valence-corrected chi connectivity index (χ1v) is 14.0. The number of nitrogens with zero attached hydrogens (tertiary/aromatic N) is 5. The molecule has 2 amide bonds. The highest BCUT2D eigenvalue weighted by molar-refractivity contribution is 6.10. The van der Waals surface area contributed by atoms with Crippen LogP contribution < -0.4 is 20.4 Å². The molecule has 3 aliphatic heterocycles. The summed E-state index contributed by atoms with van der Waals surface area (Å²) in [5.41, 5.74) is 2.58.